The minimum atomic E-state index is 0.301. The summed E-state index contributed by atoms with van der Waals surface area (Å²) >= 11 is 7.78. The number of halogens is 1. The second kappa shape index (κ2) is 3.44. The van der Waals surface area contributed by atoms with Gasteiger partial charge in [-0.25, -0.2) is 0 Å². The van der Waals surface area contributed by atoms with Gasteiger partial charge in [0.25, 0.3) is 0 Å². The molecule has 1 atom stereocenters. The van der Waals surface area contributed by atoms with Gasteiger partial charge in [-0.1, -0.05) is 34.1 Å². The molecule has 10 heavy (non-hydrogen) atoms. The molecule has 0 heterocycles. The Hall–Kier alpha value is 0.0500. The Kier molecular flexibility index (Phi) is 2.81. The fourth-order valence-corrected chi connectivity index (χ4v) is 1.84. The largest absolute Gasteiger partial charge is 0.171 e. The monoisotopic (exact) mass is 216 g/mol. The average molecular weight is 217 g/mol. The fourth-order valence-electron chi connectivity index (χ4n) is 0.814. The number of benzene rings is 1. The smallest absolute Gasteiger partial charge is 0.0250 e. The molecule has 0 aromatic heterocycles. The first-order valence-corrected chi connectivity index (χ1v) is 4.45. The lowest BCUT2D eigenvalue weighted by molar-refractivity contribution is 1.10. The van der Waals surface area contributed by atoms with Crippen LogP contribution in [0.15, 0.2) is 28.7 Å². The second-order valence-corrected chi connectivity index (χ2v) is 3.83. The van der Waals surface area contributed by atoms with Crippen LogP contribution in [-0.4, -0.2) is 0 Å². The van der Waals surface area contributed by atoms with Gasteiger partial charge in [-0.05, 0) is 18.6 Å². The topological polar surface area (TPSA) is 0 Å². The molecule has 1 rings (SSSR count). The van der Waals surface area contributed by atoms with Crippen molar-refractivity contribution in [3.8, 4) is 0 Å². The van der Waals surface area contributed by atoms with Crippen LogP contribution in [0.5, 0.6) is 0 Å². The maximum atomic E-state index is 4.33. The molecule has 0 aliphatic rings. The lowest BCUT2D eigenvalue weighted by atomic mass is 10.2. The van der Waals surface area contributed by atoms with E-state index in [1.54, 1.807) is 0 Å². The van der Waals surface area contributed by atoms with Crippen molar-refractivity contribution < 1.29 is 0 Å². The molecular formula is C8H9BrS. The third-order valence-electron chi connectivity index (χ3n) is 1.36. The highest BCUT2D eigenvalue weighted by atomic mass is 79.9. The Morgan fingerprint density at radius 2 is 2.00 bits per heavy atom. The van der Waals surface area contributed by atoms with Crippen LogP contribution in [0.4, 0.5) is 0 Å². The van der Waals surface area contributed by atoms with Gasteiger partial charge in [0.05, 0.1) is 0 Å². The Morgan fingerprint density at radius 3 is 2.40 bits per heavy atom. The molecule has 0 saturated carbocycles. The summed E-state index contributed by atoms with van der Waals surface area (Å²) in [7, 11) is 0. The predicted molar refractivity (Wildman–Crippen MR) is 51.5 cm³/mol. The highest BCUT2D eigenvalue weighted by Gasteiger charge is 2.01. The molecule has 54 valence electrons. The van der Waals surface area contributed by atoms with Gasteiger partial charge in [-0.2, -0.15) is 12.6 Å². The van der Waals surface area contributed by atoms with E-state index in [1.165, 1.54) is 5.56 Å². The highest BCUT2D eigenvalue weighted by molar-refractivity contribution is 9.10. The van der Waals surface area contributed by atoms with E-state index in [4.69, 9.17) is 0 Å². The van der Waals surface area contributed by atoms with Crippen LogP contribution >= 0.6 is 28.6 Å². The summed E-state index contributed by atoms with van der Waals surface area (Å²) in [6, 6.07) is 8.13. The minimum Gasteiger partial charge on any atom is -0.171 e. The molecule has 0 nitrogen and oxygen atoms in total. The fraction of sp³-hybridized carbons (Fsp3) is 0.250. The van der Waals surface area contributed by atoms with Crippen molar-refractivity contribution in [2.75, 3.05) is 0 Å². The SMILES string of the molecule is CC(S)c1ccccc1Br. The highest BCUT2D eigenvalue weighted by Crippen LogP contribution is 2.26. The molecule has 2 heteroatoms. The normalized spacial score (nSPS) is 13.1. The lowest BCUT2D eigenvalue weighted by Gasteiger charge is -2.05. The zero-order valence-electron chi connectivity index (χ0n) is 5.71. The third kappa shape index (κ3) is 1.77. The first kappa shape index (κ1) is 8.15. The van der Waals surface area contributed by atoms with Crippen LogP contribution in [-0.2, 0) is 0 Å². The van der Waals surface area contributed by atoms with Gasteiger partial charge in [0.2, 0.25) is 0 Å². The van der Waals surface area contributed by atoms with Crippen molar-refractivity contribution in [3.63, 3.8) is 0 Å². The van der Waals surface area contributed by atoms with Gasteiger partial charge in [-0.3, -0.25) is 0 Å². The van der Waals surface area contributed by atoms with Gasteiger partial charge >= 0.3 is 0 Å². The molecule has 0 fully saturated rings. The van der Waals surface area contributed by atoms with E-state index in [2.05, 4.69) is 41.5 Å². The van der Waals surface area contributed by atoms with Crippen molar-refractivity contribution in [2.24, 2.45) is 0 Å². The first-order chi connectivity index (χ1) is 4.72. The van der Waals surface area contributed by atoms with E-state index in [0.717, 1.165) is 4.47 Å². The van der Waals surface area contributed by atoms with Gasteiger partial charge < -0.3 is 0 Å². The van der Waals surface area contributed by atoms with Crippen molar-refractivity contribution in [2.45, 2.75) is 12.2 Å². The molecule has 0 amide bonds. The zero-order chi connectivity index (χ0) is 7.56. The van der Waals surface area contributed by atoms with Crippen molar-refractivity contribution in [3.05, 3.63) is 34.3 Å². The van der Waals surface area contributed by atoms with E-state index < -0.39 is 0 Å². The Labute approximate surface area is 75.2 Å². The zero-order valence-corrected chi connectivity index (χ0v) is 8.19. The minimum absolute atomic E-state index is 0.301. The van der Waals surface area contributed by atoms with Crippen molar-refractivity contribution >= 4 is 28.6 Å². The predicted octanol–water partition coefficient (Wildman–Crippen LogP) is 3.44. The van der Waals surface area contributed by atoms with Gasteiger partial charge in [0.15, 0.2) is 0 Å². The molecule has 0 saturated heterocycles. The summed E-state index contributed by atoms with van der Waals surface area (Å²) in [5.74, 6) is 0. The maximum Gasteiger partial charge on any atom is 0.0250 e. The molecule has 1 unspecified atom stereocenters. The van der Waals surface area contributed by atoms with Gasteiger partial charge in [0.1, 0.15) is 0 Å². The quantitative estimate of drug-likeness (QED) is 0.684. The van der Waals surface area contributed by atoms with Crippen LogP contribution < -0.4 is 0 Å². The summed E-state index contributed by atoms with van der Waals surface area (Å²) in [5, 5.41) is 0.301. The van der Waals surface area contributed by atoms with E-state index in [1.807, 2.05) is 18.2 Å². The molecule has 0 spiro atoms. The summed E-state index contributed by atoms with van der Waals surface area (Å²) in [6.07, 6.45) is 0. The molecule has 0 aliphatic heterocycles. The third-order valence-corrected chi connectivity index (χ3v) is 2.36. The summed E-state index contributed by atoms with van der Waals surface area (Å²) < 4.78 is 1.14. The van der Waals surface area contributed by atoms with E-state index in [9.17, 15) is 0 Å². The standard InChI is InChI=1S/C8H9BrS/c1-6(10)7-4-2-3-5-8(7)9/h2-6,10H,1H3. The van der Waals surface area contributed by atoms with Gasteiger partial charge in [0, 0.05) is 9.72 Å². The Bertz CT molecular complexity index is 220. The molecule has 0 N–H and O–H groups in total. The van der Waals surface area contributed by atoms with Crippen LogP contribution in [0, 0.1) is 0 Å². The second-order valence-electron chi connectivity index (χ2n) is 2.20. The molecule has 1 aromatic rings. The molecule has 0 aliphatic carbocycles. The Balaban J connectivity index is 3.03. The number of thiol groups is 1. The molecule has 0 radical (unpaired) electrons. The summed E-state index contributed by atoms with van der Waals surface area (Å²) in [6.45, 7) is 2.06. The molecule has 1 aromatic carbocycles. The first-order valence-electron chi connectivity index (χ1n) is 3.14. The summed E-state index contributed by atoms with van der Waals surface area (Å²) in [5.41, 5.74) is 1.24. The molecular weight excluding hydrogens is 208 g/mol. The van der Waals surface area contributed by atoms with E-state index in [0.29, 0.717) is 5.25 Å². The number of hydrogen-bond donors (Lipinski definition) is 1. The Morgan fingerprint density at radius 1 is 1.40 bits per heavy atom. The van der Waals surface area contributed by atoms with Crippen LogP contribution in [0.1, 0.15) is 17.7 Å². The average Bonchev–Trinajstić information content (AvgIpc) is 1.88. The lowest BCUT2D eigenvalue weighted by Crippen LogP contribution is -1.84. The van der Waals surface area contributed by atoms with Crippen LogP contribution in [0.3, 0.4) is 0 Å². The van der Waals surface area contributed by atoms with Crippen LogP contribution in [0.25, 0.3) is 0 Å². The number of rotatable bonds is 1. The number of hydrogen-bond acceptors (Lipinski definition) is 1. The van der Waals surface area contributed by atoms with E-state index in [-0.39, 0.29) is 0 Å². The van der Waals surface area contributed by atoms with Crippen molar-refractivity contribution in [1.29, 1.82) is 0 Å². The van der Waals surface area contributed by atoms with Crippen molar-refractivity contribution in [1.82, 2.24) is 0 Å². The van der Waals surface area contributed by atoms with E-state index >= 15 is 0 Å². The maximum absolute atomic E-state index is 4.33. The van der Waals surface area contributed by atoms with Gasteiger partial charge in [-0.15, -0.1) is 0 Å². The summed E-state index contributed by atoms with van der Waals surface area (Å²) in [4.78, 5) is 0. The molecule has 0 bridgehead atoms. The van der Waals surface area contributed by atoms with Crippen LogP contribution in [0.2, 0.25) is 0 Å².